The van der Waals surface area contributed by atoms with Gasteiger partial charge in [-0.2, -0.15) is 0 Å². The van der Waals surface area contributed by atoms with E-state index >= 15 is 0 Å². The van der Waals surface area contributed by atoms with Crippen molar-refractivity contribution >= 4 is 0 Å². The lowest BCUT2D eigenvalue weighted by atomic mass is 10.1. The second-order valence-corrected chi connectivity index (χ2v) is 5.23. The minimum absolute atomic E-state index is 0.237. The molecule has 0 heterocycles. The molecule has 0 amide bonds. The quantitative estimate of drug-likeness (QED) is 0.570. The highest BCUT2D eigenvalue weighted by molar-refractivity contribution is 5.00. The fraction of sp³-hybridized carbons (Fsp3) is 0.778. The zero-order valence-corrected chi connectivity index (χ0v) is 14.7. The first-order valence-corrected chi connectivity index (χ1v) is 8.32. The van der Waals surface area contributed by atoms with Crippen molar-refractivity contribution in [2.24, 2.45) is 5.92 Å². The Balaban J connectivity index is 0. The molecule has 0 bridgehead atoms. The molecule has 0 saturated heterocycles. The van der Waals surface area contributed by atoms with Crippen LogP contribution in [0, 0.1) is 5.92 Å². The Bertz CT molecular complexity index is 232. The summed E-state index contributed by atoms with van der Waals surface area (Å²) in [6.45, 7) is 11.1. The van der Waals surface area contributed by atoms with Crippen LogP contribution in [0.1, 0.15) is 73.1 Å². The maximum Gasteiger partial charge on any atom is 0.0893 e. The molecule has 126 valence electrons. The van der Waals surface area contributed by atoms with Crippen molar-refractivity contribution in [3.05, 3.63) is 23.7 Å². The fourth-order valence-corrected chi connectivity index (χ4v) is 1.64. The van der Waals surface area contributed by atoms with Crippen molar-refractivity contribution in [3.8, 4) is 0 Å². The smallest absolute Gasteiger partial charge is 0.0893 e. The predicted molar refractivity (Wildman–Crippen MR) is 91.0 cm³/mol. The van der Waals surface area contributed by atoms with E-state index in [0.29, 0.717) is 5.92 Å². The van der Waals surface area contributed by atoms with E-state index in [4.69, 9.17) is 14.9 Å². The SMILES string of the molecule is CC(CCO)CCO.CCC(=COC=C(CC)CC)CC. The van der Waals surface area contributed by atoms with E-state index in [-0.39, 0.29) is 13.2 Å². The van der Waals surface area contributed by atoms with Gasteiger partial charge in [-0.05, 0) is 55.6 Å². The molecule has 0 spiro atoms. The van der Waals surface area contributed by atoms with Gasteiger partial charge in [0.1, 0.15) is 0 Å². The summed E-state index contributed by atoms with van der Waals surface area (Å²) in [5.74, 6) is 0.463. The van der Waals surface area contributed by atoms with Gasteiger partial charge < -0.3 is 14.9 Å². The van der Waals surface area contributed by atoms with Gasteiger partial charge >= 0.3 is 0 Å². The van der Waals surface area contributed by atoms with Gasteiger partial charge in [-0.15, -0.1) is 0 Å². The Morgan fingerprint density at radius 3 is 1.38 bits per heavy atom. The third kappa shape index (κ3) is 15.4. The Hall–Kier alpha value is -0.800. The summed E-state index contributed by atoms with van der Waals surface area (Å²) in [7, 11) is 0. The molecule has 3 heteroatoms. The minimum Gasteiger partial charge on any atom is -0.473 e. The second-order valence-electron chi connectivity index (χ2n) is 5.23. The monoisotopic (exact) mass is 300 g/mol. The van der Waals surface area contributed by atoms with E-state index in [1.54, 1.807) is 0 Å². The molecule has 0 aromatic rings. The number of rotatable bonds is 10. The highest BCUT2D eigenvalue weighted by atomic mass is 16.5. The van der Waals surface area contributed by atoms with E-state index in [1.807, 2.05) is 19.4 Å². The predicted octanol–water partition coefficient (Wildman–Crippen LogP) is 4.80. The van der Waals surface area contributed by atoms with Crippen molar-refractivity contribution in [2.75, 3.05) is 13.2 Å². The maximum atomic E-state index is 8.38. The van der Waals surface area contributed by atoms with Crippen molar-refractivity contribution < 1.29 is 14.9 Å². The third-order valence-corrected chi connectivity index (χ3v) is 3.53. The van der Waals surface area contributed by atoms with Crippen LogP contribution in [0.25, 0.3) is 0 Å². The van der Waals surface area contributed by atoms with Gasteiger partial charge in [0.2, 0.25) is 0 Å². The number of hydrogen-bond acceptors (Lipinski definition) is 3. The molecule has 0 atom stereocenters. The Morgan fingerprint density at radius 2 is 1.14 bits per heavy atom. The lowest BCUT2D eigenvalue weighted by Crippen LogP contribution is -1.99. The number of ether oxygens (including phenoxy) is 1. The maximum absolute atomic E-state index is 8.38. The van der Waals surface area contributed by atoms with Crippen LogP contribution in [-0.4, -0.2) is 23.4 Å². The van der Waals surface area contributed by atoms with Crippen molar-refractivity contribution in [2.45, 2.75) is 73.1 Å². The average molecular weight is 300 g/mol. The van der Waals surface area contributed by atoms with Crippen LogP contribution in [0.3, 0.4) is 0 Å². The molecule has 21 heavy (non-hydrogen) atoms. The summed E-state index contributed by atoms with van der Waals surface area (Å²) in [5, 5.41) is 16.8. The third-order valence-electron chi connectivity index (χ3n) is 3.53. The lowest BCUT2D eigenvalue weighted by molar-refractivity contribution is 0.223. The van der Waals surface area contributed by atoms with E-state index in [0.717, 1.165) is 38.5 Å². The van der Waals surface area contributed by atoms with Gasteiger partial charge in [-0.25, -0.2) is 0 Å². The first-order valence-electron chi connectivity index (χ1n) is 8.32. The average Bonchev–Trinajstić information content (AvgIpc) is 2.49. The lowest BCUT2D eigenvalue weighted by Gasteiger charge is -2.04. The molecule has 0 aliphatic carbocycles. The molecule has 0 aromatic carbocycles. The van der Waals surface area contributed by atoms with E-state index in [1.165, 1.54) is 11.1 Å². The van der Waals surface area contributed by atoms with Crippen LogP contribution in [-0.2, 0) is 4.74 Å². The highest BCUT2D eigenvalue weighted by Gasteiger charge is 1.97. The molecule has 0 saturated carbocycles. The van der Waals surface area contributed by atoms with Crippen LogP contribution in [0.4, 0.5) is 0 Å². The summed E-state index contributed by atoms with van der Waals surface area (Å²) in [6.07, 6.45) is 9.70. The van der Waals surface area contributed by atoms with Crippen LogP contribution in [0.5, 0.6) is 0 Å². The van der Waals surface area contributed by atoms with Crippen LogP contribution in [0.15, 0.2) is 23.7 Å². The van der Waals surface area contributed by atoms with Gasteiger partial charge in [0, 0.05) is 13.2 Å². The summed E-state index contributed by atoms with van der Waals surface area (Å²) in [4.78, 5) is 0. The normalized spacial score (nSPS) is 9.71. The highest BCUT2D eigenvalue weighted by Crippen LogP contribution is 2.09. The van der Waals surface area contributed by atoms with Gasteiger partial charge in [-0.1, -0.05) is 34.6 Å². The van der Waals surface area contributed by atoms with Crippen LogP contribution < -0.4 is 0 Å². The Labute approximate surface area is 131 Å². The zero-order valence-electron chi connectivity index (χ0n) is 14.7. The Kier molecular flexibility index (Phi) is 18.5. The van der Waals surface area contributed by atoms with Crippen molar-refractivity contribution in [1.82, 2.24) is 0 Å². The first-order chi connectivity index (χ1) is 10.1. The summed E-state index contributed by atoms with van der Waals surface area (Å²) in [6, 6.07) is 0. The van der Waals surface area contributed by atoms with Gasteiger partial charge in [-0.3, -0.25) is 0 Å². The number of allylic oxidation sites excluding steroid dienone is 2. The van der Waals surface area contributed by atoms with E-state index in [9.17, 15) is 0 Å². The molecular formula is C18H36O3. The number of aliphatic hydroxyl groups is 2. The van der Waals surface area contributed by atoms with Crippen LogP contribution >= 0.6 is 0 Å². The van der Waals surface area contributed by atoms with Gasteiger partial charge in [0.25, 0.3) is 0 Å². The molecule has 0 aromatic heterocycles. The fourth-order valence-electron chi connectivity index (χ4n) is 1.64. The number of hydrogen-bond donors (Lipinski definition) is 2. The van der Waals surface area contributed by atoms with Gasteiger partial charge in [0.05, 0.1) is 12.5 Å². The van der Waals surface area contributed by atoms with Crippen molar-refractivity contribution in [3.63, 3.8) is 0 Å². The largest absolute Gasteiger partial charge is 0.473 e. The molecule has 2 N–H and O–H groups in total. The summed E-state index contributed by atoms with van der Waals surface area (Å²) < 4.78 is 5.40. The topological polar surface area (TPSA) is 49.7 Å². The molecule has 0 aliphatic heterocycles. The van der Waals surface area contributed by atoms with E-state index < -0.39 is 0 Å². The number of aliphatic hydroxyl groups excluding tert-OH is 2. The second kappa shape index (κ2) is 17.3. The minimum atomic E-state index is 0.237. The van der Waals surface area contributed by atoms with Gasteiger partial charge in [0.15, 0.2) is 0 Å². The molecule has 3 nitrogen and oxygen atoms in total. The standard InChI is InChI=1S/C12H22O.C6H14O2/c1-5-11(6-2)9-13-10-12(7-3)8-4;1-6(2-4-7)3-5-8/h9-10H,5-8H2,1-4H3;6-8H,2-5H2,1H3. The molecular weight excluding hydrogens is 264 g/mol. The zero-order chi connectivity index (χ0) is 16.5. The Morgan fingerprint density at radius 1 is 0.810 bits per heavy atom. The van der Waals surface area contributed by atoms with Crippen LogP contribution in [0.2, 0.25) is 0 Å². The molecule has 0 aliphatic rings. The molecule has 0 rings (SSSR count). The molecule has 0 unspecified atom stereocenters. The summed E-state index contributed by atoms with van der Waals surface area (Å²) >= 11 is 0. The molecule has 0 radical (unpaired) electrons. The summed E-state index contributed by atoms with van der Waals surface area (Å²) in [5.41, 5.74) is 2.73. The first kappa shape index (κ1) is 22.5. The van der Waals surface area contributed by atoms with Crippen molar-refractivity contribution in [1.29, 1.82) is 0 Å². The van der Waals surface area contributed by atoms with E-state index in [2.05, 4.69) is 27.7 Å². The molecule has 0 fully saturated rings.